The average Bonchev–Trinajstić information content (AvgIpc) is 2.48. The highest BCUT2D eigenvalue weighted by Crippen LogP contribution is 2.14. The van der Waals surface area contributed by atoms with E-state index in [2.05, 4.69) is 5.32 Å². The predicted octanol–water partition coefficient (Wildman–Crippen LogP) is 2.77. The Morgan fingerprint density at radius 1 is 1.21 bits per heavy atom. The Hall–Kier alpha value is -2.11. The summed E-state index contributed by atoms with van der Waals surface area (Å²) < 4.78 is 1.33. The summed E-state index contributed by atoms with van der Waals surface area (Å²) in [6, 6.07) is 1.56. The molecule has 134 valence electrons. The minimum absolute atomic E-state index is 0.0392. The van der Waals surface area contributed by atoms with Crippen molar-refractivity contribution in [1.29, 1.82) is 0 Å². The number of hydrogen-bond donors (Lipinski definition) is 1. The number of carbonyl (C=O) groups is 2. The van der Waals surface area contributed by atoms with Crippen molar-refractivity contribution >= 4 is 17.5 Å². The predicted molar refractivity (Wildman–Crippen MR) is 96.3 cm³/mol. The van der Waals surface area contributed by atoms with Gasteiger partial charge in [0.15, 0.2) is 0 Å². The summed E-state index contributed by atoms with van der Waals surface area (Å²) in [4.78, 5) is 38.7. The molecule has 1 N–H and O–H groups in total. The molecule has 0 aliphatic heterocycles. The van der Waals surface area contributed by atoms with Crippen molar-refractivity contribution in [2.75, 3.05) is 5.32 Å². The van der Waals surface area contributed by atoms with Crippen LogP contribution in [-0.2, 0) is 11.8 Å². The first-order valence-corrected chi connectivity index (χ1v) is 8.52. The van der Waals surface area contributed by atoms with E-state index in [1.165, 1.54) is 16.8 Å². The minimum Gasteiger partial charge on any atom is -0.334 e. The standard InChI is InChI=1S/C18H29N3O3/c1-7-8-9-16(22)19-15-10-14(11-20(6)18(15)24)17(23)21(12(2)3)13(4)5/h10-13H,7-9H2,1-6H3,(H,19,22). The summed E-state index contributed by atoms with van der Waals surface area (Å²) >= 11 is 0. The Balaban J connectivity index is 3.16. The second-order valence-corrected chi connectivity index (χ2v) is 6.61. The summed E-state index contributed by atoms with van der Waals surface area (Å²) in [6.07, 6.45) is 3.55. The summed E-state index contributed by atoms with van der Waals surface area (Å²) in [5, 5.41) is 2.64. The second kappa shape index (κ2) is 8.66. The molecule has 0 saturated heterocycles. The van der Waals surface area contributed by atoms with Gasteiger partial charge in [-0.15, -0.1) is 0 Å². The Labute approximate surface area is 143 Å². The van der Waals surface area contributed by atoms with Gasteiger partial charge in [0.2, 0.25) is 5.91 Å². The number of aryl methyl sites for hydroxylation is 1. The molecule has 2 amide bonds. The number of amides is 2. The lowest BCUT2D eigenvalue weighted by atomic mass is 10.1. The SMILES string of the molecule is CCCCC(=O)Nc1cc(C(=O)N(C(C)C)C(C)C)cn(C)c1=O. The molecule has 0 aliphatic carbocycles. The summed E-state index contributed by atoms with van der Waals surface area (Å²) in [5.74, 6) is -0.359. The van der Waals surface area contributed by atoms with Crippen molar-refractivity contribution in [3.63, 3.8) is 0 Å². The number of nitrogens with one attached hydrogen (secondary N) is 1. The van der Waals surface area contributed by atoms with Crippen LogP contribution in [0, 0.1) is 0 Å². The normalized spacial score (nSPS) is 11.0. The number of carbonyl (C=O) groups excluding carboxylic acids is 2. The van der Waals surface area contributed by atoms with Crippen LogP contribution in [0.25, 0.3) is 0 Å². The Morgan fingerprint density at radius 3 is 2.29 bits per heavy atom. The first kappa shape index (κ1) is 19.9. The maximum atomic E-state index is 12.8. The maximum absolute atomic E-state index is 12.8. The molecular weight excluding hydrogens is 306 g/mol. The van der Waals surface area contributed by atoms with Crippen molar-refractivity contribution in [3.8, 4) is 0 Å². The van der Waals surface area contributed by atoms with Crippen LogP contribution < -0.4 is 10.9 Å². The minimum atomic E-state index is -0.322. The Morgan fingerprint density at radius 2 is 1.79 bits per heavy atom. The monoisotopic (exact) mass is 335 g/mol. The fraction of sp³-hybridized carbons (Fsp3) is 0.611. The summed E-state index contributed by atoms with van der Waals surface area (Å²) in [5.41, 5.74) is 0.222. The molecule has 6 nitrogen and oxygen atoms in total. The van der Waals surface area contributed by atoms with Gasteiger partial charge in [0.1, 0.15) is 5.69 Å². The van der Waals surface area contributed by atoms with E-state index in [4.69, 9.17) is 0 Å². The third kappa shape index (κ3) is 4.94. The summed E-state index contributed by atoms with van der Waals surface area (Å²) in [7, 11) is 1.58. The largest absolute Gasteiger partial charge is 0.334 e. The lowest BCUT2D eigenvalue weighted by Gasteiger charge is -2.31. The van der Waals surface area contributed by atoms with E-state index in [1.807, 2.05) is 34.6 Å². The molecule has 0 saturated carbocycles. The smallest absolute Gasteiger partial charge is 0.274 e. The number of anilines is 1. The topological polar surface area (TPSA) is 71.4 Å². The lowest BCUT2D eigenvalue weighted by molar-refractivity contribution is -0.116. The number of rotatable bonds is 7. The van der Waals surface area contributed by atoms with Crippen LogP contribution in [0.3, 0.4) is 0 Å². The maximum Gasteiger partial charge on any atom is 0.274 e. The molecule has 6 heteroatoms. The van der Waals surface area contributed by atoms with E-state index >= 15 is 0 Å². The highest BCUT2D eigenvalue weighted by atomic mass is 16.2. The van der Waals surface area contributed by atoms with Crippen LogP contribution in [0.15, 0.2) is 17.1 Å². The molecule has 0 spiro atoms. The van der Waals surface area contributed by atoms with Crippen LogP contribution in [0.1, 0.15) is 64.2 Å². The van der Waals surface area contributed by atoms with Crippen molar-refractivity contribution < 1.29 is 9.59 Å². The van der Waals surface area contributed by atoms with Crippen LogP contribution in [0.2, 0.25) is 0 Å². The number of nitrogens with zero attached hydrogens (tertiary/aromatic N) is 2. The summed E-state index contributed by atoms with van der Waals surface area (Å²) in [6.45, 7) is 9.80. The van der Waals surface area contributed by atoms with Gasteiger partial charge in [-0.2, -0.15) is 0 Å². The van der Waals surface area contributed by atoms with Crippen molar-refractivity contribution in [3.05, 3.63) is 28.2 Å². The van der Waals surface area contributed by atoms with Gasteiger partial charge in [-0.05, 0) is 40.2 Å². The highest BCUT2D eigenvalue weighted by Gasteiger charge is 2.23. The molecule has 1 rings (SSSR count). The first-order chi connectivity index (χ1) is 11.2. The molecule has 0 unspecified atom stereocenters. The molecule has 0 radical (unpaired) electrons. The van der Waals surface area contributed by atoms with Gasteiger partial charge in [0.05, 0.1) is 5.56 Å². The zero-order chi connectivity index (χ0) is 18.4. The zero-order valence-corrected chi connectivity index (χ0v) is 15.5. The molecule has 0 fully saturated rings. The van der Waals surface area contributed by atoms with E-state index in [9.17, 15) is 14.4 Å². The first-order valence-electron chi connectivity index (χ1n) is 8.52. The molecule has 1 heterocycles. The zero-order valence-electron chi connectivity index (χ0n) is 15.5. The van der Waals surface area contributed by atoms with Crippen LogP contribution in [0.4, 0.5) is 5.69 Å². The van der Waals surface area contributed by atoms with Crippen LogP contribution in [-0.4, -0.2) is 33.4 Å². The number of unbranched alkanes of at least 4 members (excludes halogenated alkanes) is 1. The van der Waals surface area contributed by atoms with Gasteiger partial charge in [-0.3, -0.25) is 14.4 Å². The van der Waals surface area contributed by atoms with E-state index < -0.39 is 0 Å². The van der Waals surface area contributed by atoms with Gasteiger partial charge in [0.25, 0.3) is 11.5 Å². The van der Waals surface area contributed by atoms with Crippen molar-refractivity contribution in [2.24, 2.45) is 7.05 Å². The van der Waals surface area contributed by atoms with E-state index in [0.717, 1.165) is 12.8 Å². The van der Waals surface area contributed by atoms with Gasteiger partial charge in [-0.25, -0.2) is 0 Å². The fourth-order valence-corrected chi connectivity index (χ4v) is 2.68. The molecule has 1 aromatic heterocycles. The molecule has 0 aliphatic rings. The van der Waals surface area contributed by atoms with Crippen molar-refractivity contribution in [1.82, 2.24) is 9.47 Å². The van der Waals surface area contributed by atoms with E-state index in [-0.39, 0.29) is 35.1 Å². The van der Waals surface area contributed by atoms with E-state index in [0.29, 0.717) is 12.0 Å². The Bertz CT molecular complexity index is 639. The molecule has 1 aromatic rings. The lowest BCUT2D eigenvalue weighted by Crippen LogP contribution is -2.42. The van der Waals surface area contributed by atoms with Crippen LogP contribution in [0.5, 0.6) is 0 Å². The molecule has 0 atom stereocenters. The molecule has 0 bridgehead atoms. The Kier molecular flexibility index (Phi) is 7.19. The fourth-order valence-electron chi connectivity index (χ4n) is 2.68. The average molecular weight is 335 g/mol. The van der Waals surface area contributed by atoms with Crippen molar-refractivity contribution in [2.45, 2.75) is 66.0 Å². The van der Waals surface area contributed by atoms with Gasteiger partial charge in [-0.1, -0.05) is 13.3 Å². The van der Waals surface area contributed by atoms with Gasteiger partial charge < -0.3 is 14.8 Å². The molecule has 24 heavy (non-hydrogen) atoms. The quantitative estimate of drug-likeness (QED) is 0.833. The van der Waals surface area contributed by atoms with E-state index in [1.54, 1.807) is 11.9 Å². The van der Waals surface area contributed by atoms with Gasteiger partial charge >= 0.3 is 0 Å². The molecular formula is C18H29N3O3. The number of aromatic nitrogens is 1. The number of hydrogen-bond acceptors (Lipinski definition) is 3. The third-order valence-corrected chi connectivity index (χ3v) is 3.81. The van der Waals surface area contributed by atoms with Gasteiger partial charge in [0, 0.05) is 31.7 Å². The second-order valence-electron chi connectivity index (χ2n) is 6.61. The highest BCUT2D eigenvalue weighted by molar-refractivity contribution is 5.97. The van der Waals surface area contributed by atoms with Crippen LogP contribution >= 0.6 is 0 Å². The number of pyridine rings is 1. The third-order valence-electron chi connectivity index (χ3n) is 3.81. The molecule has 0 aromatic carbocycles.